The van der Waals surface area contributed by atoms with Crippen LogP contribution in [0.1, 0.15) is 37.4 Å². The number of hydrogen-bond acceptors (Lipinski definition) is 10. The number of ether oxygens (including phenoxy) is 2. The quantitative estimate of drug-likeness (QED) is 0.295. The highest BCUT2D eigenvalue weighted by atomic mass is 16.7. The largest absolute Gasteiger partial charge is 0.507 e. The van der Waals surface area contributed by atoms with Gasteiger partial charge in [-0.05, 0) is 6.07 Å². The van der Waals surface area contributed by atoms with Gasteiger partial charge in [0.15, 0.2) is 24.0 Å². The van der Waals surface area contributed by atoms with Crippen molar-refractivity contribution in [1.82, 2.24) is 0 Å². The molecule has 1 aliphatic heterocycles. The normalized spacial score (nSPS) is 27.6. The molecule has 1 fully saturated rings. The van der Waals surface area contributed by atoms with Crippen molar-refractivity contribution in [2.75, 3.05) is 6.61 Å². The van der Waals surface area contributed by atoms with Crippen molar-refractivity contribution in [3.8, 4) is 11.5 Å². The van der Waals surface area contributed by atoms with E-state index >= 15 is 0 Å². The van der Waals surface area contributed by atoms with Gasteiger partial charge < -0.3 is 40.1 Å². The molecule has 0 saturated carbocycles. The summed E-state index contributed by atoms with van der Waals surface area (Å²) < 4.78 is 10.6. The fourth-order valence-electron chi connectivity index (χ4n) is 3.86. The molecule has 5 atom stereocenters. The summed E-state index contributed by atoms with van der Waals surface area (Å²) in [5, 5.41) is 60.1. The van der Waals surface area contributed by atoms with Crippen molar-refractivity contribution in [3.63, 3.8) is 0 Å². The van der Waals surface area contributed by atoms with E-state index < -0.39 is 61.2 Å². The predicted molar refractivity (Wildman–Crippen MR) is 102 cm³/mol. The number of ketones is 2. The van der Waals surface area contributed by atoms with E-state index in [2.05, 4.69) is 0 Å². The molecular formula is C21H20O10. The van der Waals surface area contributed by atoms with Crippen molar-refractivity contribution in [1.29, 1.82) is 0 Å². The topological polar surface area (TPSA) is 174 Å². The zero-order valence-corrected chi connectivity index (χ0v) is 16.0. The number of hydrogen-bond donors (Lipinski definition) is 6. The van der Waals surface area contributed by atoms with E-state index in [1.165, 1.54) is 12.1 Å². The first-order valence-electron chi connectivity index (χ1n) is 9.45. The van der Waals surface area contributed by atoms with Gasteiger partial charge in [-0.3, -0.25) is 9.59 Å². The molecule has 5 unspecified atom stereocenters. The molecule has 1 saturated heterocycles. The minimum atomic E-state index is -1.78. The molecule has 31 heavy (non-hydrogen) atoms. The van der Waals surface area contributed by atoms with E-state index in [0.717, 1.165) is 6.07 Å². The van der Waals surface area contributed by atoms with Gasteiger partial charge in [0, 0.05) is 16.7 Å². The number of aliphatic hydroxyl groups is 5. The Labute approximate surface area is 175 Å². The Morgan fingerprint density at radius 3 is 2.19 bits per heavy atom. The van der Waals surface area contributed by atoms with Gasteiger partial charge >= 0.3 is 0 Å². The Hall–Kier alpha value is -2.86. The van der Waals surface area contributed by atoms with E-state index in [9.17, 15) is 40.2 Å². The number of aromatic hydroxyl groups is 1. The maximum absolute atomic E-state index is 12.9. The lowest BCUT2D eigenvalue weighted by Crippen LogP contribution is -2.60. The summed E-state index contributed by atoms with van der Waals surface area (Å²) in [6, 6.07) is 7.20. The highest BCUT2D eigenvalue weighted by Gasteiger charge is 2.46. The second kappa shape index (κ2) is 8.00. The van der Waals surface area contributed by atoms with Crippen molar-refractivity contribution in [2.24, 2.45) is 0 Å². The van der Waals surface area contributed by atoms with Crippen LogP contribution in [0.25, 0.3) is 0 Å². The molecule has 10 nitrogen and oxygen atoms in total. The van der Waals surface area contributed by atoms with Crippen LogP contribution in [0.4, 0.5) is 0 Å². The first kappa shape index (κ1) is 21.4. The zero-order valence-electron chi connectivity index (χ0n) is 16.0. The number of rotatable bonds is 4. The molecule has 164 valence electrons. The molecule has 1 heterocycles. The van der Waals surface area contributed by atoms with E-state index in [1.807, 2.05) is 0 Å². The molecule has 0 amide bonds. The molecule has 2 aromatic carbocycles. The summed E-state index contributed by atoms with van der Waals surface area (Å²) >= 11 is 0. The molecule has 0 aromatic heterocycles. The molecule has 10 heteroatoms. The van der Waals surface area contributed by atoms with Crippen LogP contribution in [0.5, 0.6) is 11.5 Å². The summed E-state index contributed by atoms with van der Waals surface area (Å²) in [6.07, 6.45) is -7.92. The number of phenols is 1. The molecule has 2 aliphatic rings. The lowest BCUT2D eigenvalue weighted by atomic mass is 9.82. The van der Waals surface area contributed by atoms with Crippen LogP contribution in [-0.4, -0.2) is 79.5 Å². The molecule has 2 aromatic rings. The third-order valence-corrected chi connectivity index (χ3v) is 5.52. The standard InChI is InChI=1S/C21H20O10/c22-6-11-12(30-20-19(28)18(27)13(7-23)31-21(20)29)5-10-14(17(11)26)16(25)9-4-2-1-3-8(9)15(10)24/h1-5,13,18-23,26-29H,6-7H2. The molecule has 0 radical (unpaired) electrons. The van der Waals surface area contributed by atoms with Crippen molar-refractivity contribution in [3.05, 3.63) is 58.1 Å². The smallest absolute Gasteiger partial charge is 0.198 e. The number of carbonyl (C=O) groups excluding carboxylic acids is 2. The molecule has 1 aliphatic carbocycles. The Morgan fingerprint density at radius 1 is 0.935 bits per heavy atom. The highest BCUT2D eigenvalue weighted by Crippen LogP contribution is 2.41. The van der Waals surface area contributed by atoms with Gasteiger partial charge in [0.1, 0.15) is 29.8 Å². The monoisotopic (exact) mass is 432 g/mol. The lowest BCUT2D eigenvalue weighted by Gasteiger charge is -2.40. The van der Waals surface area contributed by atoms with Crippen LogP contribution in [0.2, 0.25) is 0 Å². The first-order valence-corrected chi connectivity index (χ1v) is 9.45. The molecule has 6 N–H and O–H groups in total. The lowest BCUT2D eigenvalue weighted by molar-refractivity contribution is -0.280. The van der Waals surface area contributed by atoms with Gasteiger partial charge in [-0.1, -0.05) is 24.3 Å². The van der Waals surface area contributed by atoms with Crippen LogP contribution < -0.4 is 4.74 Å². The van der Waals surface area contributed by atoms with Crippen molar-refractivity contribution >= 4 is 11.6 Å². The minimum absolute atomic E-state index is 0.109. The number of aliphatic hydroxyl groups excluding tert-OH is 5. The highest BCUT2D eigenvalue weighted by molar-refractivity contribution is 6.29. The summed E-state index contributed by atoms with van der Waals surface area (Å²) in [6.45, 7) is -1.46. The zero-order chi connectivity index (χ0) is 22.4. The van der Waals surface area contributed by atoms with Crippen molar-refractivity contribution < 1.29 is 49.7 Å². The van der Waals surface area contributed by atoms with Crippen LogP contribution in [0.15, 0.2) is 30.3 Å². The van der Waals surface area contributed by atoms with E-state index in [1.54, 1.807) is 12.1 Å². The number of benzene rings is 2. The first-order chi connectivity index (χ1) is 14.8. The van der Waals surface area contributed by atoms with Gasteiger partial charge in [-0.2, -0.15) is 0 Å². The van der Waals surface area contributed by atoms with Crippen molar-refractivity contribution in [2.45, 2.75) is 37.3 Å². The Morgan fingerprint density at radius 2 is 1.58 bits per heavy atom. The van der Waals surface area contributed by atoms with Crippen LogP contribution in [-0.2, 0) is 11.3 Å². The summed E-state index contributed by atoms with van der Waals surface area (Å²) in [4.78, 5) is 25.8. The molecular weight excluding hydrogens is 412 g/mol. The molecule has 0 spiro atoms. The third-order valence-electron chi connectivity index (χ3n) is 5.52. The minimum Gasteiger partial charge on any atom is -0.507 e. The maximum Gasteiger partial charge on any atom is 0.198 e. The SMILES string of the molecule is O=C1c2ccccc2C(=O)c2c1cc(OC1C(O)OC(CO)C(O)C1O)c(CO)c2O. The van der Waals surface area contributed by atoms with Gasteiger partial charge in [0.2, 0.25) is 0 Å². The van der Waals surface area contributed by atoms with Gasteiger partial charge in [-0.15, -0.1) is 0 Å². The Kier molecular flexibility index (Phi) is 5.52. The van der Waals surface area contributed by atoms with Crippen LogP contribution in [0.3, 0.4) is 0 Å². The Balaban J connectivity index is 1.78. The Bertz CT molecular complexity index is 1050. The second-order valence-corrected chi connectivity index (χ2v) is 7.30. The van der Waals surface area contributed by atoms with E-state index in [-0.39, 0.29) is 33.6 Å². The fourth-order valence-corrected chi connectivity index (χ4v) is 3.86. The molecule has 4 rings (SSSR count). The van der Waals surface area contributed by atoms with Gasteiger partial charge in [-0.25, -0.2) is 0 Å². The van der Waals surface area contributed by atoms with Crippen LogP contribution in [0, 0.1) is 0 Å². The second-order valence-electron chi connectivity index (χ2n) is 7.30. The third kappa shape index (κ3) is 3.30. The average molecular weight is 432 g/mol. The van der Waals surface area contributed by atoms with Crippen LogP contribution >= 0.6 is 0 Å². The number of fused-ring (bicyclic) bond motifs is 2. The predicted octanol–water partition coefficient (Wildman–Crippen LogP) is -1.16. The van der Waals surface area contributed by atoms with Gasteiger partial charge in [0.25, 0.3) is 0 Å². The summed E-state index contributed by atoms with van der Waals surface area (Å²) in [5.74, 6) is -2.12. The molecule has 0 bridgehead atoms. The van der Waals surface area contributed by atoms with E-state index in [4.69, 9.17) is 9.47 Å². The van der Waals surface area contributed by atoms with Gasteiger partial charge in [0.05, 0.1) is 24.3 Å². The summed E-state index contributed by atoms with van der Waals surface area (Å²) in [5.41, 5.74) is -0.483. The average Bonchev–Trinajstić information content (AvgIpc) is 2.77. The maximum atomic E-state index is 12.9. The van der Waals surface area contributed by atoms with E-state index in [0.29, 0.717) is 0 Å². The fraction of sp³-hybridized carbons (Fsp3) is 0.333. The summed E-state index contributed by atoms with van der Waals surface area (Å²) in [7, 11) is 0. The number of carbonyl (C=O) groups is 2.